The average Bonchev–Trinajstić information content (AvgIpc) is 2.95. The van der Waals surface area contributed by atoms with Crippen molar-refractivity contribution in [3.05, 3.63) is 52.7 Å². The lowest BCUT2D eigenvalue weighted by atomic mass is 10.1. The number of rotatable bonds is 6. The van der Waals surface area contributed by atoms with E-state index in [-0.39, 0.29) is 11.1 Å². The molecule has 0 aliphatic rings. The summed E-state index contributed by atoms with van der Waals surface area (Å²) in [5.41, 5.74) is 1.09. The third kappa shape index (κ3) is 4.07. The molecule has 1 heterocycles. The minimum absolute atomic E-state index is 0.0825. The van der Waals surface area contributed by atoms with Gasteiger partial charge in [0, 0.05) is 11.1 Å². The molecule has 0 radical (unpaired) electrons. The van der Waals surface area contributed by atoms with E-state index in [2.05, 4.69) is 10.0 Å². The van der Waals surface area contributed by atoms with Crippen LogP contribution in [0.4, 0.5) is 0 Å². The predicted octanol–water partition coefficient (Wildman–Crippen LogP) is 2.69. The molecule has 0 saturated carbocycles. The summed E-state index contributed by atoms with van der Waals surface area (Å²) in [4.78, 5) is 0. The second-order valence-corrected chi connectivity index (χ2v) is 6.84. The van der Waals surface area contributed by atoms with Gasteiger partial charge in [-0.2, -0.15) is 0 Å². The van der Waals surface area contributed by atoms with E-state index in [4.69, 9.17) is 16.0 Å². The van der Waals surface area contributed by atoms with Crippen LogP contribution in [0.1, 0.15) is 24.3 Å². The van der Waals surface area contributed by atoms with Gasteiger partial charge < -0.3 is 9.73 Å². The Bertz CT molecular complexity index is 695. The van der Waals surface area contributed by atoms with Gasteiger partial charge in [0.1, 0.15) is 5.76 Å². The van der Waals surface area contributed by atoms with E-state index in [1.807, 2.05) is 31.2 Å². The molecule has 2 N–H and O–H groups in total. The van der Waals surface area contributed by atoms with Crippen LogP contribution in [0.3, 0.4) is 0 Å². The molecule has 0 saturated heterocycles. The van der Waals surface area contributed by atoms with Crippen molar-refractivity contribution in [1.82, 2.24) is 10.0 Å². The Balaban J connectivity index is 1.99. The van der Waals surface area contributed by atoms with Crippen molar-refractivity contribution in [3.8, 4) is 0 Å². The molecule has 0 amide bonds. The minimum atomic E-state index is -3.53. The topological polar surface area (TPSA) is 71.3 Å². The Morgan fingerprint density at radius 2 is 1.86 bits per heavy atom. The first-order chi connectivity index (χ1) is 9.92. The van der Waals surface area contributed by atoms with E-state index < -0.39 is 10.0 Å². The number of hydrogen-bond donors (Lipinski definition) is 2. The van der Waals surface area contributed by atoms with Gasteiger partial charge in [-0.05, 0) is 43.8 Å². The highest BCUT2D eigenvalue weighted by molar-refractivity contribution is 7.89. The van der Waals surface area contributed by atoms with Crippen LogP contribution in [0.5, 0.6) is 0 Å². The number of nitrogens with one attached hydrogen (secondary N) is 2. The van der Waals surface area contributed by atoms with Gasteiger partial charge in [0.25, 0.3) is 10.0 Å². The predicted molar refractivity (Wildman–Crippen MR) is 81.7 cm³/mol. The highest BCUT2D eigenvalue weighted by Gasteiger charge is 2.16. The fraction of sp³-hybridized carbons (Fsp3) is 0.286. The van der Waals surface area contributed by atoms with E-state index in [0.717, 1.165) is 5.56 Å². The Labute approximate surface area is 129 Å². The van der Waals surface area contributed by atoms with E-state index in [1.54, 1.807) is 6.07 Å². The van der Waals surface area contributed by atoms with Gasteiger partial charge in [0.15, 0.2) is 0 Å². The third-order valence-electron chi connectivity index (χ3n) is 3.12. The zero-order chi connectivity index (χ0) is 15.5. The summed E-state index contributed by atoms with van der Waals surface area (Å²) in [6.45, 7) is 2.44. The maximum Gasteiger partial charge on any atom is 0.273 e. The molecule has 114 valence electrons. The molecule has 2 aromatic rings. The molecule has 1 aromatic carbocycles. The maximum atomic E-state index is 11.6. The summed E-state index contributed by atoms with van der Waals surface area (Å²) in [5, 5.41) is 3.88. The van der Waals surface area contributed by atoms with Gasteiger partial charge in [-0.1, -0.05) is 23.7 Å². The number of furan rings is 1. The zero-order valence-electron chi connectivity index (χ0n) is 11.8. The highest BCUT2D eigenvalue weighted by Crippen LogP contribution is 2.18. The first kappa shape index (κ1) is 16.0. The number of sulfonamides is 1. The van der Waals surface area contributed by atoms with Gasteiger partial charge in [0.05, 0.1) is 6.54 Å². The SMILES string of the molecule is CNS(=O)(=O)c1ccc(CN[C@H](C)c2ccc(Cl)cc2)o1. The van der Waals surface area contributed by atoms with Crippen molar-refractivity contribution < 1.29 is 12.8 Å². The Kier molecular flexibility index (Phi) is 5.05. The van der Waals surface area contributed by atoms with Gasteiger partial charge in [0.2, 0.25) is 5.09 Å². The molecule has 0 aliphatic carbocycles. The second-order valence-electron chi connectivity index (χ2n) is 4.58. The van der Waals surface area contributed by atoms with Crippen molar-refractivity contribution in [3.63, 3.8) is 0 Å². The lowest BCUT2D eigenvalue weighted by Crippen LogP contribution is -2.18. The fourth-order valence-electron chi connectivity index (χ4n) is 1.82. The minimum Gasteiger partial charge on any atom is -0.447 e. The summed E-state index contributed by atoms with van der Waals surface area (Å²) < 4.78 is 30.7. The molecule has 0 aliphatic heterocycles. The molecule has 0 unspecified atom stereocenters. The molecule has 0 fully saturated rings. The summed E-state index contributed by atoms with van der Waals surface area (Å²) in [6.07, 6.45) is 0. The molecule has 0 bridgehead atoms. The second kappa shape index (κ2) is 6.62. The van der Waals surface area contributed by atoms with Crippen molar-refractivity contribution in [1.29, 1.82) is 0 Å². The number of benzene rings is 1. The Morgan fingerprint density at radius 3 is 2.48 bits per heavy atom. The normalized spacial score (nSPS) is 13.3. The van der Waals surface area contributed by atoms with Gasteiger partial charge in [-0.15, -0.1) is 0 Å². The van der Waals surface area contributed by atoms with Gasteiger partial charge >= 0.3 is 0 Å². The number of hydrogen-bond acceptors (Lipinski definition) is 4. The van der Waals surface area contributed by atoms with E-state index >= 15 is 0 Å². The van der Waals surface area contributed by atoms with Crippen LogP contribution in [-0.4, -0.2) is 15.5 Å². The van der Waals surface area contributed by atoms with Crippen molar-refractivity contribution in [2.75, 3.05) is 7.05 Å². The van der Waals surface area contributed by atoms with Crippen LogP contribution in [0, 0.1) is 0 Å². The van der Waals surface area contributed by atoms with E-state index in [0.29, 0.717) is 17.3 Å². The van der Waals surface area contributed by atoms with Crippen molar-refractivity contribution in [2.45, 2.75) is 24.6 Å². The summed E-state index contributed by atoms with van der Waals surface area (Å²) >= 11 is 5.85. The number of halogens is 1. The van der Waals surface area contributed by atoms with Gasteiger partial charge in [-0.3, -0.25) is 0 Å². The summed E-state index contributed by atoms with van der Waals surface area (Å²) in [5.74, 6) is 0.560. The third-order valence-corrected chi connectivity index (χ3v) is 4.66. The molecule has 7 heteroatoms. The monoisotopic (exact) mass is 328 g/mol. The van der Waals surface area contributed by atoms with E-state index in [9.17, 15) is 8.42 Å². The molecule has 1 atom stereocenters. The average molecular weight is 329 g/mol. The van der Waals surface area contributed by atoms with Crippen molar-refractivity contribution >= 4 is 21.6 Å². The fourth-order valence-corrected chi connectivity index (χ4v) is 2.61. The summed E-state index contributed by atoms with van der Waals surface area (Å²) in [7, 11) is -2.19. The largest absolute Gasteiger partial charge is 0.447 e. The van der Waals surface area contributed by atoms with Crippen LogP contribution < -0.4 is 10.0 Å². The molecule has 5 nitrogen and oxygen atoms in total. The van der Waals surface area contributed by atoms with Crippen LogP contribution in [-0.2, 0) is 16.6 Å². The van der Waals surface area contributed by atoms with Crippen molar-refractivity contribution in [2.24, 2.45) is 0 Å². The van der Waals surface area contributed by atoms with Crippen LogP contribution in [0.25, 0.3) is 0 Å². The smallest absolute Gasteiger partial charge is 0.273 e. The molecular formula is C14H17ClN2O3S. The van der Waals surface area contributed by atoms with E-state index in [1.165, 1.54) is 13.1 Å². The maximum absolute atomic E-state index is 11.6. The molecular weight excluding hydrogens is 312 g/mol. The lowest BCUT2D eigenvalue weighted by Gasteiger charge is -2.13. The molecule has 21 heavy (non-hydrogen) atoms. The Morgan fingerprint density at radius 1 is 1.19 bits per heavy atom. The van der Waals surface area contributed by atoms with Crippen LogP contribution in [0.15, 0.2) is 45.9 Å². The molecule has 1 aromatic heterocycles. The molecule has 0 spiro atoms. The molecule has 2 rings (SSSR count). The van der Waals surface area contributed by atoms with Crippen LogP contribution in [0.2, 0.25) is 5.02 Å². The zero-order valence-corrected chi connectivity index (χ0v) is 13.3. The summed E-state index contributed by atoms with van der Waals surface area (Å²) in [6, 6.07) is 10.7. The highest BCUT2D eigenvalue weighted by atomic mass is 35.5. The van der Waals surface area contributed by atoms with Gasteiger partial charge in [-0.25, -0.2) is 13.1 Å². The Hall–Kier alpha value is -1.34. The lowest BCUT2D eigenvalue weighted by molar-refractivity contribution is 0.392. The first-order valence-corrected chi connectivity index (χ1v) is 8.29. The standard InChI is InChI=1S/C14H17ClN2O3S/c1-10(11-3-5-12(15)6-4-11)17-9-13-7-8-14(20-13)21(18,19)16-2/h3-8,10,16-17H,9H2,1-2H3/t10-/m1/s1. The quantitative estimate of drug-likeness (QED) is 0.855. The first-order valence-electron chi connectivity index (χ1n) is 6.43. The van der Waals surface area contributed by atoms with Crippen LogP contribution >= 0.6 is 11.6 Å².